The molecule has 2 amide bonds. The van der Waals surface area contributed by atoms with Crippen LogP contribution in [0.3, 0.4) is 0 Å². The lowest BCUT2D eigenvalue weighted by Crippen LogP contribution is -2.42. The number of carbonyl (C=O) groups excluding carboxylic acids is 2. The molecular weight excluding hydrogens is 212 g/mol. The summed E-state index contributed by atoms with van der Waals surface area (Å²) in [6.45, 7) is 0.649. The molecule has 7 nitrogen and oxygen atoms in total. The highest BCUT2D eigenvalue weighted by molar-refractivity contribution is 5.83. The molecule has 0 saturated carbocycles. The van der Waals surface area contributed by atoms with Crippen molar-refractivity contribution in [1.82, 2.24) is 20.8 Å². The number of amides is 2. The minimum absolute atomic E-state index is 0.00205. The number of nitrogens with zero attached hydrogens (tertiary/aromatic N) is 2. The third-order valence-corrected chi connectivity index (χ3v) is 2.46. The van der Waals surface area contributed by atoms with E-state index in [-0.39, 0.29) is 24.3 Å². The van der Waals surface area contributed by atoms with E-state index in [4.69, 9.17) is 0 Å². The maximum absolute atomic E-state index is 11.7. The fourth-order valence-electron chi connectivity index (χ4n) is 1.54. The molecule has 1 saturated heterocycles. The van der Waals surface area contributed by atoms with E-state index in [1.54, 1.807) is 0 Å². The molecule has 1 unspecified atom stereocenters. The Morgan fingerprint density at radius 2 is 2.56 bits per heavy atom. The van der Waals surface area contributed by atoms with Gasteiger partial charge in [0, 0.05) is 13.0 Å². The molecule has 0 aliphatic carbocycles. The van der Waals surface area contributed by atoms with Crippen LogP contribution in [-0.2, 0) is 16.1 Å². The van der Waals surface area contributed by atoms with Gasteiger partial charge < -0.3 is 15.2 Å². The molecule has 1 atom stereocenters. The highest BCUT2D eigenvalue weighted by atomic mass is 16.5. The molecule has 2 heterocycles. The van der Waals surface area contributed by atoms with Gasteiger partial charge in [-0.15, -0.1) is 0 Å². The molecule has 86 valence electrons. The maximum atomic E-state index is 11.7. The van der Waals surface area contributed by atoms with Crippen molar-refractivity contribution in [2.75, 3.05) is 6.54 Å². The zero-order valence-electron chi connectivity index (χ0n) is 8.60. The lowest BCUT2D eigenvalue weighted by Gasteiger charge is -2.21. The molecule has 0 radical (unpaired) electrons. The summed E-state index contributed by atoms with van der Waals surface area (Å²) in [7, 11) is 0. The molecule has 1 aliphatic heterocycles. The molecule has 0 spiro atoms. The highest BCUT2D eigenvalue weighted by Crippen LogP contribution is 2.10. The number of aromatic nitrogens is 2. The molecular formula is C9H12N4O3. The van der Waals surface area contributed by atoms with Crippen molar-refractivity contribution in [2.24, 2.45) is 5.92 Å². The van der Waals surface area contributed by atoms with E-state index in [1.807, 2.05) is 0 Å². The van der Waals surface area contributed by atoms with E-state index in [1.165, 1.54) is 6.39 Å². The van der Waals surface area contributed by atoms with Crippen LogP contribution in [0.2, 0.25) is 0 Å². The van der Waals surface area contributed by atoms with Crippen LogP contribution >= 0.6 is 0 Å². The van der Waals surface area contributed by atoms with Gasteiger partial charge in [0.2, 0.25) is 18.2 Å². The standard InChI is InChI=1S/C9H12N4O3/c14-8-2-1-6(3-10-8)9(15)11-4-7-12-5-16-13-7/h5-6H,1-4H2,(H,10,14)(H,11,15). The zero-order chi connectivity index (χ0) is 11.4. The number of nitrogens with one attached hydrogen (secondary N) is 2. The summed E-state index contributed by atoms with van der Waals surface area (Å²) in [5.41, 5.74) is 0. The maximum Gasteiger partial charge on any atom is 0.225 e. The molecule has 1 aromatic heterocycles. The second-order valence-corrected chi connectivity index (χ2v) is 3.60. The Hall–Kier alpha value is -1.92. The molecule has 1 aliphatic rings. The molecule has 2 N–H and O–H groups in total. The Labute approximate surface area is 91.6 Å². The van der Waals surface area contributed by atoms with Gasteiger partial charge in [0.15, 0.2) is 5.82 Å². The van der Waals surface area contributed by atoms with Crippen molar-refractivity contribution >= 4 is 11.8 Å². The number of piperidine rings is 1. The summed E-state index contributed by atoms with van der Waals surface area (Å²) in [4.78, 5) is 26.3. The van der Waals surface area contributed by atoms with Gasteiger partial charge in [-0.25, -0.2) is 0 Å². The molecule has 0 bridgehead atoms. The fraction of sp³-hybridized carbons (Fsp3) is 0.556. The van der Waals surface area contributed by atoms with Crippen molar-refractivity contribution in [2.45, 2.75) is 19.4 Å². The second kappa shape index (κ2) is 4.73. The number of hydrogen-bond acceptors (Lipinski definition) is 5. The Kier molecular flexibility index (Phi) is 3.13. The molecule has 16 heavy (non-hydrogen) atoms. The smallest absolute Gasteiger partial charge is 0.225 e. The Morgan fingerprint density at radius 3 is 3.19 bits per heavy atom. The summed E-state index contributed by atoms with van der Waals surface area (Å²) in [6.07, 6.45) is 2.20. The van der Waals surface area contributed by atoms with Crippen LogP contribution in [0.4, 0.5) is 0 Å². The average molecular weight is 224 g/mol. The van der Waals surface area contributed by atoms with Gasteiger partial charge in [0.1, 0.15) is 0 Å². The normalized spacial score (nSPS) is 20.2. The summed E-state index contributed by atoms with van der Waals surface area (Å²) in [5, 5.41) is 8.93. The topological polar surface area (TPSA) is 97.1 Å². The minimum atomic E-state index is -0.162. The van der Waals surface area contributed by atoms with Crippen LogP contribution in [0.25, 0.3) is 0 Å². The summed E-state index contributed by atoms with van der Waals surface area (Å²) < 4.78 is 4.54. The first kappa shape index (κ1) is 10.6. The van der Waals surface area contributed by atoms with Gasteiger partial charge in [0.05, 0.1) is 12.5 Å². The van der Waals surface area contributed by atoms with Crippen molar-refractivity contribution in [3.63, 3.8) is 0 Å². The van der Waals surface area contributed by atoms with Crippen molar-refractivity contribution in [3.05, 3.63) is 12.2 Å². The highest BCUT2D eigenvalue weighted by Gasteiger charge is 2.24. The quantitative estimate of drug-likeness (QED) is 0.701. The SMILES string of the molecule is O=C1CCC(C(=O)NCc2ncon2)CN1. The van der Waals surface area contributed by atoms with Gasteiger partial charge >= 0.3 is 0 Å². The predicted molar refractivity (Wildman–Crippen MR) is 51.9 cm³/mol. The molecule has 7 heteroatoms. The van der Waals surface area contributed by atoms with E-state index in [2.05, 4.69) is 25.3 Å². The number of hydrogen-bond donors (Lipinski definition) is 2. The first-order chi connectivity index (χ1) is 7.75. The summed E-state index contributed by atoms with van der Waals surface area (Å²) in [5.74, 6) is 0.185. The van der Waals surface area contributed by atoms with E-state index in [0.717, 1.165) is 0 Å². The van der Waals surface area contributed by atoms with Gasteiger partial charge in [0.25, 0.3) is 0 Å². The monoisotopic (exact) mass is 224 g/mol. The predicted octanol–water partition coefficient (Wildman–Crippen LogP) is -0.788. The van der Waals surface area contributed by atoms with Gasteiger partial charge in [-0.1, -0.05) is 5.16 Å². The second-order valence-electron chi connectivity index (χ2n) is 3.60. The van der Waals surface area contributed by atoms with E-state index >= 15 is 0 Å². The van der Waals surface area contributed by atoms with Gasteiger partial charge in [-0.05, 0) is 6.42 Å². The van der Waals surface area contributed by atoms with Gasteiger partial charge in [-0.3, -0.25) is 9.59 Å². The molecule has 0 aromatic carbocycles. The average Bonchev–Trinajstić information content (AvgIpc) is 2.80. The van der Waals surface area contributed by atoms with Crippen LogP contribution in [0, 0.1) is 5.92 Å². The number of carbonyl (C=O) groups is 2. The minimum Gasteiger partial charge on any atom is -0.355 e. The first-order valence-electron chi connectivity index (χ1n) is 5.05. The Morgan fingerprint density at radius 1 is 1.69 bits per heavy atom. The van der Waals surface area contributed by atoms with Crippen LogP contribution in [0.5, 0.6) is 0 Å². The van der Waals surface area contributed by atoms with Gasteiger partial charge in [-0.2, -0.15) is 4.98 Å². The van der Waals surface area contributed by atoms with Crippen molar-refractivity contribution in [3.8, 4) is 0 Å². The third kappa shape index (κ3) is 2.56. The Bertz CT molecular complexity index is 366. The van der Waals surface area contributed by atoms with Crippen LogP contribution in [-0.4, -0.2) is 28.5 Å². The lowest BCUT2D eigenvalue weighted by atomic mass is 9.98. The largest absolute Gasteiger partial charge is 0.355 e. The zero-order valence-corrected chi connectivity index (χ0v) is 8.60. The fourth-order valence-corrected chi connectivity index (χ4v) is 1.54. The van der Waals surface area contributed by atoms with E-state index in [0.29, 0.717) is 25.2 Å². The first-order valence-corrected chi connectivity index (χ1v) is 5.05. The summed E-state index contributed by atoms with van der Waals surface area (Å²) in [6, 6.07) is 0. The van der Waals surface area contributed by atoms with Crippen molar-refractivity contribution in [1.29, 1.82) is 0 Å². The summed E-state index contributed by atoms with van der Waals surface area (Å²) >= 11 is 0. The third-order valence-electron chi connectivity index (χ3n) is 2.46. The Balaban J connectivity index is 1.77. The molecule has 1 fully saturated rings. The van der Waals surface area contributed by atoms with Crippen molar-refractivity contribution < 1.29 is 14.1 Å². The molecule has 2 rings (SSSR count). The van der Waals surface area contributed by atoms with Crippen LogP contribution in [0.1, 0.15) is 18.7 Å². The molecule has 1 aromatic rings. The number of rotatable bonds is 3. The van der Waals surface area contributed by atoms with Crippen LogP contribution < -0.4 is 10.6 Å². The van der Waals surface area contributed by atoms with E-state index in [9.17, 15) is 9.59 Å². The lowest BCUT2D eigenvalue weighted by molar-refractivity contribution is -0.129. The van der Waals surface area contributed by atoms with E-state index < -0.39 is 0 Å². The van der Waals surface area contributed by atoms with Crippen LogP contribution in [0.15, 0.2) is 10.9 Å².